The SMILES string of the molecule is COC(=O)[C@@H](OC(C)(C)C)c1c(C)cc2nc(-c3ccnc(-c4ccc5nc(NC(=O)C6CCCCC6)ccc5c4)n3)sc2c1-c1ccc(Cl)cc1. The lowest BCUT2D eigenvalue weighted by atomic mass is 9.89. The van der Waals surface area contributed by atoms with Crippen LogP contribution in [0.15, 0.2) is 72.9 Å². The number of fused-ring (bicyclic) bond motifs is 2. The molecule has 1 N–H and O–H groups in total. The summed E-state index contributed by atoms with van der Waals surface area (Å²) in [5, 5.41) is 5.24. The van der Waals surface area contributed by atoms with Crippen LogP contribution in [-0.2, 0) is 19.1 Å². The molecule has 1 saturated carbocycles. The van der Waals surface area contributed by atoms with Gasteiger partial charge >= 0.3 is 5.97 Å². The van der Waals surface area contributed by atoms with Crippen molar-refractivity contribution in [2.45, 2.75) is 71.5 Å². The van der Waals surface area contributed by atoms with E-state index in [0.717, 1.165) is 74.6 Å². The number of pyridine rings is 1. The van der Waals surface area contributed by atoms with E-state index in [0.29, 0.717) is 27.4 Å². The van der Waals surface area contributed by atoms with Crippen molar-refractivity contribution in [3.05, 3.63) is 89.1 Å². The number of nitrogens with zero attached hydrogens (tertiary/aromatic N) is 4. The number of halogens is 1. The predicted octanol–water partition coefficient (Wildman–Crippen LogP) is 10.1. The first kappa shape index (κ1) is 35.6. The van der Waals surface area contributed by atoms with Gasteiger partial charge < -0.3 is 14.8 Å². The third kappa shape index (κ3) is 7.55. The minimum absolute atomic E-state index is 0.0522. The van der Waals surface area contributed by atoms with E-state index in [-0.39, 0.29) is 11.8 Å². The van der Waals surface area contributed by atoms with Crippen molar-refractivity contribution in [1.29, 1.82) is 0 Å². The lowest BCUT2D eigenvalue weighted by Gasteiger charge is -2.28. The van der Waals surface area contributed by atoms with E-state index in [9.17, 15) is 9.59 Å². The van der Waals surface area contributed by atoms with Gasteiger partial charge in [-0.15, -0.1) is 11.3 Å². The topological polar surface area (TPSA) is 116 Å². The maximum Gasteiger partial charge on any atom is 0.339 e. The second-order valence-corrected chi connectivity index (χ2v) is 15.6. The number of amides is 1. The molecule has 1 atom stereocenters. The Balaban J connectivity index is 1.25. The number of ether oxygens (including phenoxy) is 2. The number of aryl methyl sites for hydroxylation is 1. The van der Waals surface area contributed by atoms with Gasteiger partial charge in [0.05, 0.1) is 28.4 Å². The normalized spacial score (nSPS) is 14.4. The molecule has 9 nitrogen and oxygen atoms in total. The summed E-state index contributed by atoms with van der Waals surface area (Å²) >= 11 is 7.79. The molecule has 7 rings (SSSR count). The van der Waals surface area contributed by atoms with Gasteiger partial charge in [0.15, 0.2) is 11.9 Å². The molecule has 3 aromatic carbocycles. The number of benzene rings is 3. The average Bonchev–Trinajstić information content (AvgIpc) is 3.57. The molecule has 0 aliphatic heterocycles. The summed E-state index contributed by atoms with van der Waals surface area (Å²) in [4.78, 5) is 45.4. The number of nitrogens with one attached hydrogen (secondary N) is 1. The van der Waals surface area contributed by atoms with Crippen molar-refractivity contribution in [3.63, 3.8) is 0 Å². The maximum absolute atomic E-state index is 13.3. The number of hydrogen-bond acceptors (Lipinski definition) is 9. The van der Waals surface area contributed by atoms with Crippen molar-refractivity contribution in [2.75, 3.05) is 12.4 Å². The summed E-state index contributed by atoms with van der Waals surface area (Å²) in [5.41, 5.74) is 5.69. The summed E-state index contributed by atoms with van der Waals surface area (Å²) in [5.74, 6) is 0.736. The molecule has 6 aromatic rings. The van der Waals surface area contributed by atoms with E-state index in [2.05, 4.69) is 10.3 Å². The molecule has 0 spiro atoms. The molecule has 266 valence electrons. The molecule has 3 aromatic heterocycles. The van der Waals surface area contributed by atoms with Gasteiger partial charge in [-0.05, 0) is 106 Å². The van der Waals surface area contributed by atoms with Gasteiger partial charge in [0.25, 0.3) is 0 Å². The summed E-state index contributed by atoms with van der Waals surface area (Å²) in [6.45, 7) is 7.70. The van der Waals surface area contributed by atoms with Crippen LogP contribution in [0, 0.1) is 12.8 Å². The number of carbonyl (C=O) groups excluding carboxylic acids is 2. The minimum Gasteiger partial charge on any atom is -0.467 e. The summed E-state index contributed by atoms with van der Waals surface area (Å²) in [7, 11) is 1.37. The van der Waals surface area contributed by atoms with Crippen LogP contribution < -0.4 is 5.32 Å². The highest BCUT2D eigenvalue weighted by molar-refractivity contribution is 7.22. The molecule has 0 unspecified atom stereocenters. The molecule has 11 heteroatoms. The van der Waals surface area contributed by atoms with Crippen molar-refractivity contribution in [2.24, 2.45) is 5.92 Å². The summed E-state index contributed by atoms with van der Waals surface area (Å²) in [6.07, 6.45) is 6.04. The Morgan fingerprint density at radius 2 is 1.65 bits per heavy atom. The van der Waals surface area contributed by atoms with Crippen molar-refractivity contribution in [3.8, 4) is 33.2 Å². The highest BCUT2D eigenvalue weighted by Crippen LogP contribution is 2.44. The zero-order valence-corrected chi connectivity index (χ0v) is 31.4. The minimum atomic E-state index is -0.970. The number of thiazole rings is 1. The smallest absolute Gasteiger partial charge is 0.339 e. The van der Waals surface area contributed by atoms with Crippen LogP contribution in [-0.4, -0.2) is 44.5 Å². The van der Waals surface area contributed by atoms with Gasteiger partial charge in [0.2, 0.25) is 5.91 Å². The standard InChI is InChI=1S/C41H40ClN5O4S/c1-23-21-31-36(34(24-11-15-28(42)16-12-24)33(23)35(40(49)50-5)51-41(2,3)4)52-39(46-31)30-19-20-43-37(45-30)27-13-17-29-26(22-27)14-18-32(44-29)47-38(48)25-9-7-6-8-10-25/h11-22,25,35H,6-10H2,1-5H3,(H,44,47,48)/t35-/m0/s1. The molecule has 1 fully saturated rings. The Bertz CT molecular complexity index is 2290. The highest BCUT2D eigenvalue weighted by Gasteiger charge is 2.33. The molecule has 1 amide bonds. The number of anilines is 1. The van der Waals surface area contributed by atoms with Crippen LogP contribution in [0.4, 0.5) is 5.82 Å². The fourth-order valence-electron chi connectivity index (χ4n) is 6.79. The molecule has 52 heavy (non-hydrogen) atoms. The molecular formula is C41H40ClN5O4S. The average molecular weight is 734 g/mol. The first-order chi connectivity index (χ1) is 25.0. The molecule has 0 bridgehead atoms. The molecule has 3 heterocycles. The second-order valence-electron chi connectivity index (χ2n) is 14.2. The van der Waals surface area contributed by atoms with Gasteiger partial charge in [-0.1, -0.05) is 43.0 Å². The first-order valence-electron chi connectivity index (χ1n) is 17.5. The number of rotatable bonds is 8. The van der Waals surface area contributed by atoms with Crippen LogP contribution in [0.5, 0.6) is 0 Å². The van der Waals surface area contributed by atoms with E-state index in [1.165, 1.54) is 24.9 Å². The fourth-order valence-corrected chi connectivity index (χ4v) is 8.01. The van der Waals surface area contributed by atoms with Crippen LogP contribution in [0.3, 0.4) is 0 Å². The van der Waals surface area contributed by atoms with Crippen LogP contribution >= 0.6 is 22.9 Å². The molecule has 1 aliphatic rings. The third-order valence-corrected chi connectivity index (χ3v) is 10.6. The van der Waals surface area contributed by atoms with E-state index in [1.807, 2.05) is 94.4 Å². The van der Waals surface area contributed by atoms with Crippen molar-refractivity contribution in [1.82, 2.24) is 19.9 Å². The molecule has 0 radical (unpaired) electrons. The third-order valence-electron chi connectivity index (χ3n) is 9.26. The van der Waals surface area contributed by atoms with Crippen LogP contribution in [0.2, 0.25) is 5.02 Å². The molecule has 1 aliphatic carbocycles. The Hall–Kier alpha value is -4.77. The number of carbonyl (C=O) groups is 2. The van der Waals surface area contributed by atoms with Gasteiger partial charge in [0.1, 0.15) is 16.5 Å². The van der Waals surface area contributed by atoms with Crippen molar-refractivity contribution >= 4 is 61.8 Å². The summed E-state index contributed by atoms with van der Waals surface area (Å²) < 4.78 is 12.5. The summed E-state index contributed by atoms with van der Waals surface area (Å²) in [6, 6.07) is 21.0. The lowest BCUT2D eigenvalue weighted by Crippen LogP contribution is -2.29. The maximum atomic E-state index is 13.3. The highest BCUT2D eigenvalue weighted by atomic mass is 35.5. The monoisotopic (exact) mass is 733 g/mol. The number of aromatic nitrogens is 4. The number of hydrogen-bond donors (Lipinski definition) is 1. The molecule has 0 saturated heterocycles. The van der Waals surface area contributed by atoms with Crippen LogP contribution in [0.25, 0.3) is 54.3 Å². The Morgan fingerprint density at radius 3 is 2.38 bits per heavy atom. The van der Waals surface area contributed by atoms with E-state index >= 15 is 0 Å². The van der Waals surface area contributed by atoms with Crippen molar-refractivity contribution < 1.29 is 19.1 Å². The van der Waals surface area contributed by atoms with Gasteiger partial charge in [-0.3, -0.25) is 4.79 Å². The van der Waals surface area contributed by atoms with Gasteiger partial charge in [0, 0.05) is 39.2 Å². The quantitative estimate of drug-likeness (QED) is 0.154. The fraction of sp³-hybridized carbons (Fsp3) is 0.317. The number of esters is 1. The van der Waals surface area contributed by atoms with Gasteiger partial charge in [-0.2, -0.15) is 0 Å². The Labute approximate surface area is 311 Å². The first-order valence-corrected chi connectivity index (χ1v) is 18.7. The largest absolute Gasteiger partial charge is 0.467 e. The van der Waals surface area contributed by atoms with E-state index < -0.39 is 17.7 Å². The zero-order chi connectivity index (χ0) is 36.6. The zero-order valence-electron chi connectivity index (χ0n) is 29.8. The van der Waals surface area contributed by atoms with E-state index in [1.54, 1.807) is 6.20 Å². The number of methoxy groups -OCH3 is 1. The van der Waals surface area contributed by atoms with Crippen LogP contribution in [0.1, 0.15) is 70.1 Å². The Morgan fingerprint density at radius 1 is 0.904 bits per heavy atom. The molecular weight excluding hydrogens is 694 g/mol. The lowest BCUT2D eigenvalue weighted by molar-refractivity contribution is -0.164. The van der Waals surface area contributed by atoms with E-state index in [4.69, 9.17) is 36.0 Å². The second kappa shape index (κ2) is 14.7. The predicted molar refractivity (Wildman–Crippen MR) is 207 cm³/mol. The van der Waals surface area contributed by atoms with Gasteiger partial charge in [-0.25, -0.2) is 24.7 Å². The Kier molecular flexibility index (Phi) is 10.1.